The van der Waals surface area contributed by atoms with Crippen molar-refractivity contribution in [2.45, 2.75) is 44.8 Å². The number of carbonyl (C=O) groups is 1. The van der Waals surface area contributed by atoms with Crippen molar-refractivity contribution in [3.8, 4) is 0 Å². The van der Waals surface area contributed by atoms with Gasteiger partial charge in [-0.3, -0.25) is 4.79 Å². The molecule has 1 aliphatic rings. The van der Waals surface area contributed by atoms with Gasteiger partial charge in [-0.1, -0.05) is 13.8 Å². The SMILES string of the molecule is CCC(O)(CC)CNC(=O)COC1(C)CNC1. The molecular formula is C12H24N2O3. The quantitative estimate of drug-likeness (QED) is 0.591. The van der Waals surface area contributed by atoms with Crippen LogP contribution in [0.4, 0.5) is 0 Å². The van der Waals surface area contributed by atoms with Crippen LogP contribution >= 0.6 is 0 Å². The van der Waals surface area contributed by atoms with Crippen molar-refractivity contribution in [1.82, 2.24) is 10.6 Å². The molecule has 100 valence electrons. The standard InChI is InChI=1S/C12H24N2O3/c1-4-12(16,5-2)9-14-10(15)6-17-11(3)7-13-8-11/h13,16H,4-9H2,1-3H3,(H,14,15). The van der Waals surface area contributed by atoms with Crippen LogP contribution in [0.25, 0.3) is 0 Å². The van der Waals surface area contributed by atoms with E-state index in [0.717, 1.165) is 13.1 Å². The molecule has 0 aromatic carbocycles. The molecule has 1 amide bonds. The van der Waals surface area contributed by atoms with E-state index in [2.05, 4.69) is 10.6 Å². The second-order valence-electron chi connectivity index (χ2n) is 5.05. The molecule has 5 heteroatoms. The Labute approximate surface area is 103 Å². The molecule has 0 spiro atoms. The summed E-state index contributed by atoms with van der Waals surface area (Å²) in [6, 6.07) is 0. The maximum absolute atomic E-state index is 11.5. The predicted octanol–water partition coefficient (Wildman–Crippen LogP) is 0.0322. The minimum absolute atomic E-state index is 0.0572. The normalized spacial score (nSPS) is 18.6. The van der Waals surface area contributed by atoms with E-state index in [0.29, 0.717) is 12.8 Å². The average Bonchev–Trinajstić information content (AvgIpc) is 2.31. The van der Waals surface area contributed by atoms with Gasteiger partial charge in [0.25, 0.3) is 0 Å². The summed E-state index contributed by atoms with van der Waals surface area (Å²) in [5.41, 5.74) is -0.999. The lowest BCUT2D eigenvalue weighted by atomic mass is 9.98. The Bertz CT molecular complexity index is 260. The highest BCUT2D eigenvalue weighted by Gasteiger charge is 2.33. The highest BCUT2D eigenvalue weighted by molar-refractivity contribution is 5.77. The molecule has 0 aliphatic carbocycles. The van der Waals surface area contributed by atoms with E-state index < -0.39 is 5.60 Å². The van der Waals surface area contributed by atoms with E-state index >= 15 is 0 Å². The van der Waals surface area contributed by atoms with Gasteiger partial charge in [-0.2, -0.15) is 0 Å². The molecule has 5 nitrogen and oxygen atoms in total. The summed E-state index contributed by atoms with van der Waals surface area (Å²) in [7, 11) is 0. The molecule has 1 saturated heterocycles. The first-order valence-electron chi connectivity index (χ1n) is 6.27. The molecule has 17 heavy (non-hydrogen) atoms. The fourth-order valence-electron chi connectivity index (χ4n) is 1.63. The first-order chi connectivity index (χ1) is 7.93. The Morgan fingerprint density at radius 2 is 2.06 bits per heavy atom. The molecule has 0 aromatic rings. The zero-order valence-electron chi connectivity index (χ0n) is 11.0. The third kappa shape index (κ3) is 4.26. The average molecular weight is 244 g/mol. The molecule has 1 fully saturated rings. The van der Waals surface area contributed by atoms with E-state index in [4.69, 9.17) is 4.74 Å². The summed E-state index contributed by atoms with van der Waals surface area (Å²) in [5, 5.41) is 15.8. The van der Waals surface area contributed by atoms with Gasteiger partial charge in [-0.05, 0) is 19.8 Å². The van der Waals surface area contributed by atoms with Crippen LogP contribution in [0.2, 0.25) is 0 Å². The number of aliphatic hydroxyl groups is 1. The number of ether oxygens (including phenoxy) is 1. The third-order valence-corrected chi connectivity index (χ3v) is 3.48. The van der Waals surface area contributed by atoms with Crippen molar-refractivity contribution >= 4 is 5.91 Å². The molecule has 3 N–H and O–H groups in total. The lowest BCUT2D eigenvalue weighted by Gasteiger charge is -2.38. The van der Waals surface area contributed by atoms with Crippen LogP contribution in [0.15, 0.2) is 0 Å². The highest BCUT2D eigenvalue weighted by Crippen LogP contribution is 2.15. The Kier molecular flexibility index (Phi) is 4.91. The van der Waals surface area contributed by atoms with Gasteiger partial charge in [-0.25, -0.2) is 0 Å². The molecule has 1 heterocycles. The molecule has 0 unspecified atom stereocenters. The fourth-order valence-corrected chi connectivity index (χ4v) is 1.63. The number of carbonyl (C=O) groups excluding carboxylic acids is 1. The molecule has 0 radical (unpaired) electrons. The van der Waals surface area contributed by atoms with Gasteiger partial charge in [0.2, 0.25) is 5.91 Å². The number of nitrogens with one attached hydrogen (secondary N) is 2. The Balaban J connectivity index is 2.21. The van der Waals surface area contributed by atoms with Gasteiger partial charge in [0, 0.05) is 19.6 Å². The Hall–Kier alpha value is -0.650. The maximum Gasteiger partial charge on any atom is 0.246 e. The van der Waals surface area contributed by atoms with Crippen molar-refractivity contribution in [3.05, 3.63) is 0 Å². The van der Waals surface area contributed by atoms with Crippen LogP contribution < -0.4 is 10.6 Å². The first-order valence-corrected chi connectivity index (χ1v) is 6.27. The van der Waals surface area contributed by atoms with Gasteiger partial charge in [-0.15, -0.1) is 0 Å². The van der Waals surface area contributed by atoms with Gasteiger partial charge in [0.05, 0.1) is 11.2 Å². The van der Waals surface area contributed by atoms with Crippen LogP contribution in [0.5, 0.6) is 0 Å². The van der Waals surface area contributed by atoms with Crippen LogP contribution in [-0.4, -0.2) is 48.5 Å². The molecule has 0 aromatic heterocycles. The number of amides is 1. The van der Waals surface area contributed by atoms with E-state index in [9.17, 15) is 9.90 Å². The van der Waals surface area contributed by atoms with Crippen molar-refractivity contribution in [3.63, 3.8) is 0 Å². The van der Waals surface area contributed by atoms with E-state index in [1.54, 1.807) is 0 Å². The summed E-state index contributed by atoms with van der Waals surface area (Å²) < 4.78 is 5.50. The monoisotopic (exact) mass is 244 g/mol. The first kappa shape index (κ1) is 14.4. The summed E-state index contributed by atoms with van der Waals surface area (Å²) in [6.45, 7) is 7.72. The lowest BCUT2D eigenvalue weighted by Crippen LogP contribution is -2.59. The maximum atomic E-state index is 11.5. The van der Waals surface area contributed by atoms with Crippen LogP contribution in [0.1, 0.15) is 33.6 Å². The lowest BCUT2D eigenvalue weighted by molar-refractivity contribution is -0.137. The van der Waals surface area contributed by atoms with Gasteiger partial charge in [0.15, 0.2) is 0 Å². The minimum Gasteiger partial charge on any atom is -0.388 e. The van der Waals surface area contributed by atoms with Crippen molar-refractivity contribution in [2.75, 3.05) is 26.2 Å². The fraction of sp³-hybridized carbons (Fsp3) is 0.917. The van der Waals surface area contributed by atoms with Crippen LogP contribution in [0.3, 0.4) is 0 Å². The van der Waals surface area contributed by atoms with Crippen molar-refractivity contribution in [2.24, 2.45) is 0 Å². The number of rotatable bonds is 7. The van der Waals surface area contributed by atoms with Gasteiger partial charge in [0.1, 0.15) is 6.61 Å². The van der Waals surface area contributed by atoms with Gasteiger partial charge >= 0.3 is 0 Å². The molecule has 1 aliphatic heterocycles. The second kappa shape index (κ2) is 5.80. The van der Waals surface area contributed by atoms with Crippen molar-refractivity contribution < 1.29 is 14.6 Å². The predicted molar refractivity (Wildman–Crippen MR) is 65.8 cm³/mol. The summed E-state index contributed by atoms with van der Waals surface area (Å²) in [6.07, 6.45) is 1.26. The number of hydrogen-bond donors (Lipinski definition) is 3. The van der Waals surface area contributed by atoms with E-state index in [1.807, 2.05) is 20.8 Å². The van der Waals surface area contributed by atoms with Gasteiger partial charge < -0.3 is 20.5 Å². The zero-order valence-corrected chi connectivity index (χ0v) is 11.0. The third-order valence-electron chi connectivity index (χ3n) is 3.48. The van der Waals surface area contributed by atoms with E-state index in [1.165, 1.54) is 0 Å². The largest absolute Gasteiger partial charge is 0.388 e. The molecule has 0 bridgehead atoms. The number of hydrogen-bond acceptors (Lipinski definition) is 4. The highest BCUT2D eigenvalue weighted by atomic mass is 16.5. The summed E-state index contributed by atoms with van der Waals surface area (Å²) >= 11 is 0. The summed E-state index contributed by atoms with van der Waals surface area (Å²) in [5.74, 6) is -0.168. The molecule has 0 saturated carbocycles. The second-order valence-corrected chi connectivity index (χ2v) is 5.05. The van der Waals surface area contributed by atoms with Crippen molar-refractivity contribution in [1.29, 1.82) is 0 Å². The minimum atomic E-state index is -0.794. The zero-order chi connectivity index (χ0) is 12.9. The Morgan fingerprint density at radius 1 is 1.47 bits per heavy atom. The molecule has 1 rings (SSSR count). The summed E-state index contributed by atoms with van der Waals surface area (Å²) in [4.78, 5) is 11.5. The topological polar surface area (TPSA) is 70.6 Å². The van der Waals surface area contributed by atoms with Crippen LogP contribution in [0, 0.1) is 0 Å². The smallest absolute Gasteiger partial charge is 0.246 e. The molecular weight excluding hydrogens is 220 g/mol. The van der Waals surface area contributed by atoms with Crippen LogP contribution in [-0.2, 0) is 9.53 Å². The van der Waals surface area contributed by atoms with E-state index in [-0.39, 0.29) is 24.7 Å². The molecule has 0 atom stereocenters. The Morgan fingerprint density at radius 3 is 2.47 bits per heavy atom.